The maximum atomic E-state index is 12.1. The van der Waals surface area contributed by atoms with E-state index >= 15 is 0 Å². The highest BCUT2D eigenvalue weighted by atomic mass is 16.7. The van der Waals surface area contributed by atoms with E-state index in [1.165, 1.54) is 6.21 Å². The molecule has 3 nitrogen and oxygen atoms in total. The standard InChI is InChI=1S/C18H13NO2/c20-18(21-19-13-14-7-2-1-3-8-14)17-12-6-10-15-9-4-5-11-16(15)17/h1-13H. The molecule has 0 unspecified atom stereocenters. The highest BCUT2D eigenvalue weighted by Gasteiger charge is 2.10. The number of nitrogens with zero attached hydrogens (tertiary/aromatic N) is 1. The summed E-state index contributed by atoms with van der Waals surface area (Å²) in [6.45, 7) is 0. The largest absolute Gasteiger partial charge is 0.366 e. The summed E-state index contributed by atoms with van der Waals surface area (Å²) in [7, 11) is 0. The minimum atomic E-state index is -0.459. The van der Waals surface area contributed by atoms with Crippen LogP contribution in [0.15, 0.2) is 78.0 Å². The van der Waals surface area contributed by atoms with Gasteiger partial charge in [-0.3, -0.25) is 0 Å². The molecule has 3 rings (SSSR count). The molecule has 0 saturated heterocycles. The SMILES string of the molecule is O=C(ON=Cc1ccccc1)c1cccc2ccccc12. The Balaban J connectivity index is 1.80. The van der Waals surface area contributed by atoms with E-state index in [0.717, 1.165) is 16.3 Å². The lowest BCUT2D eigenvalue weighted by atomic mass is 10.1. The van der Waals surface area contributed by atoms with E-state index in [4.69, 9.17) is 4.84 Å². The zero-order chi connectivity index (χ0) is 14.5. The number of benzene rings is 3. The Morgan fingerprint density at radius 2 is 1.57 bits per heavy atom. The Bertz CT molecular complexity index is 789. The third-order valence-electron chi connectivity index (χ3n) is 3.15. The zero-order valence-corrected chi connectivity index (χ0v) is 11.3. The van der Waals surface area contributed by atoms with Gasteiger partial charge in [-0.25, -0.2) is 4.79 Å². The number of hydrogen-bond donors (Lipinski definition) is 0. The fourth-order valence-electron chi connectivity index (χ4n) is 2.13. The van der Waals surface area contributed by atoms with Gasteiger partial charge in [0.1, 0.15) is 0 Å². The molecule has 0 bridgehead atoms. The number of hydrogen-bond acceptors (Lipinski definition) is 3. The zero-order valence-electron chi connectivity index (χ0n) is 11.3. The van der Waals surface area contributed by atoms with E-state index in [1.807, 2.05) is 66.7 Å². The van der Waals surface area contributed by atoms with E-state index in [2.05, 4.69) is 5.16 Å². The minimum absolute atomic E-state index is 0.459. The number of fused-ring (bicyclic) bond motifs is 1. The topological polar surface area (TPSA) is 38.7 Å². The normalized spacial score (nSPS) is 10.9. The summed E-state index contributed by atoms with van der Waals surface area (Å²) >= 11 is 0. The third kappa shape index (κ3) is 2.98. The van der Waals surface area contributed by atoms with Crippen molar-refractivity contribution >= 4 is 23.0 Å². The van der Waals surface area contributed by atoms with Gasteiger partial charge >= 0.3 is 5.97 Å². The summed E-state index contributed by atoms with van der Waals surface area (Å²) < 4.78 is 0. The molecule has 3 aromatic rings. The molecule has 0 N–H and O–H groups in total. The molecule has 0 spiro atoms. The molecule has 0 radical (unpaired) electrons. The van der Waals surface area contributed by atoms with Gasteiger partial charge in [0.2, 0.25) is 0 Å². The molecule has 0 aliphatic rings. The van der Waals surface area contributed by atoms with Crippen LogP contribution in [0, 0.1) is 0 Å². The van der Waals surface area contributed by atoms with Crippen molar-refractivity contribution < 1.29 is 9.63 Å². The summed E-state index contributed by atoms with van der Waals surface area (Å²) in [4.78, 5) is 17.1. The van der Waals surface area contributed by atoms with Crippen molar-refractivity contribution in [1.82, 2.24) is 0 Å². The Morgan fingerprint density at radius 3 is 2.43 bits per heavy atom. The van der Waals surface area contributed by atoms with Crippen molar-refractivity contribution in [2.24, 2.45) is 5.16 Å². The number of oxime groups is 1. The van der Waals surface area contributed by atoms with Crippen molar-refractivity contribution in [1.29, 1.82) is 0 Å². The summed E-state index contributed by atoms with van der Waals surface area (Å²) in [6, 6.07) is 22.7. The van der Waals surface area contributed by atoms with Crippen LogP contribution in [0.5, 0.6) is 0 Å². The number of rotatable bonds is 3. The summed E-state index contributed by atoms with van der Waals surface area (Å²) in [6.07, 6.45) is 1.52. The fraction of sp³-hybridized carbons (Fsp3) is 0. The molecule has 0 amide bonds. The van der Waals surface area contributed by atoms with E-state index in [9.17, 15) is 4.79 Å². The molecular weight excluding hydrogens is 262 g/mol. The van der Waals surface area contributed by atoms with E-state index < -0.39 is 5.97 Å². The summed E-state index contributed by atoms with van der Waals surface area (Å²) in [5.41, 5.74) is 1.39. The van der Waals surface area contributed by atoms with E-state index in [-0.39, 0.29) is 0 Å². The van der Waals surface area contributed by atoms with Crippen LogP contribution in [0.3, 0.4) is 0 Å². The molecule has 3 aromatic carbocycles. The Hall–Kier alpha value is -2.94. The van der Waals surface area contributed by atoms with Gasteiger partial charge < -0.3 is 4.84 Å². The molecule has 21 heavy (non-hydrogen) atoms. The highest BCUT2D eigenvalue weighted by Crippen LogP contribution is 2.19. The molecule has 0 aliphatic heterocycles. The van der Waals surface area contributed by atoms with Crippen molar-refractivity contribution in [2.75, 3.05) is 0 Å². The fourth-order valence-corrected chi connectivity index (χ4v) is 2.13. The quantitative estimate of drug-likeness (QED) is 0.411. The molecule has 3 heteroatoms. The maximum Gasteiger partial charge on any atom is 0.366 e. The van der Waals surface area contributed by atoms with Crippen molar-refractivity contribution in [3.63, 3.8) is 0 Å². The lowest BCUT2D eigenvalue weighted by Gasteiger charge is -2.03. The van der Waals surface area contributed by atoms with Crippen LogP contribution < -0.4 is 0 Å². The molecule has 0 heterocycles. The average Bonchev–Trinajstić information content (AvgIpc) is 2.55. The lowest BCUT2D eigenvalue weighted by molar-refractivity contribution is 0.0521. The Labute approximate surface area is 122 Å². The summed E-state index contributed by atoms with van der Waals surface area (Å²) in [5.74, 6) is -0.459. The first-order valence-corrected chi connectivity index (χ1v) is 6.62. The second-order valence-corrected chi connectivity index (χ2v) is 4.55. The van der Waals surface area contributed by atoms with Gasteiger partial charge in [0, 0.05) is 0 Å². The predicted octanol–water partition coefficient (Wildman–Crippen LogP) is 4.03. The number of carbonyl (C=O) groups excluding carboxylic acids is 1. The van der Waals surface area contributed by atoms with Gasteiger partial charge in [-0.15, -0.1) is 0 Å². The van der Waals surface area contributed by atoms with Crippen LogP contribution in [0.4, 0.5) is 0 Å². The van der Waals surface area contributed by atoms with Gasteiger partial charge in [0.15, 0.2) is 0 Å². The van der Waals surface area contributed by atoms with Crippen molar-refractivity contribution in [2.45, 2.75) is 0 Å². The molecule has 0 aliphatic carbocycles. The van der Waals surface area contributed by atoms with Crippen LogP contribution in [-0.2, 0) is 4.84 Å². The van der Waals surface area contributed by atoms with Gasteiger partial charge in [-0.05, 0) is 22.4 Å². The van der Waals surface area contributed by atoms with Gasteiger partial charge in [0.05, 0.1) is 11.8 Å². The molecule has 102 valence electrons. The summed E-state index contributed by atoms with van der Waals surface area (Å²) in [5, 5.41) is 5.61. The first-order chi connectivity index (χ1) is 10.3. The Morgan fingerprint density at radius 1 is 0.857 bits per heavy atom. The van der Waals surface area contributed by atoms with Crippen LogP contribution in [-0.4, -0.2) is 12.2 Å². The highest BCUT2D eigenvalue weighted by molar-refractivity contribution is 6.04. The van der Waals surface area contributed by atoms with Crippen LogP contribution in [0.25, 0.3) is 10.8 Å². The molecule has 0 saturated carbocycles. The average molecular weight is 275 g/mol. The van der Waals surface area contributed by atoms with E-state index in [1.54, 1.807) is 6.07 Å². The molecular formula is C18H13NO2. The molecule has 0 atom stereocenters. The first kappa shape index (κ1) is 13.1. The van der Waals surface area contributed by atoms with Crippen LogP contribution in [0.2, 0.25) is 0 Å². The molecule has 0 fully saturated rings. The van der Waals surface area contributed by atoms with Crippen LogP contribution in [0.1, 0.15) is 15.9 Å². The first-order valence-electron chi connectivity index (χ1n) is 6.62. The second-order valence-electron chi connectivity index (χ2n) is 4.55. The predicted molar refractivity (Wildman–Crippen MR) is 83.4 cm³/mol. The van der Waals surface area contributed by atoms with Crippen molar-refractivity contribution in [3.8, 4) is 0 Å². The number of carbonyl (C=O) groups is 1. The van der Waals surface area contributed by atoms with Gasteiger partial charge in [-0.2, -0.15) is 0 Å². The van der Waals surface area contributed by atoms with Gasteiger partial charge in [-0.1, -0.05) is 71.9 Å². The lowest BCUT2D eigenvalue weighted by Crippen LogP contribution is -2.02. The molecule has 0 aromatic heterocycles. The Kier molecular flexibility index (Phi) is 3.74. The third-order valence-corrected chi connectivity index (χ3v) is 3.15. The van der Waals surface area contributed by atoms with E-state index in [0.29, 0.717) is 5.56 Å². The van der Waals surface area contributed by atoms with Gasteiger partial charge in [0.25, 0.3) is 0 Å². The second kappa shape index (κ2) is 6.01. The van der Waals surface area contributed by atoms with Crippen LogP contribution >= 0.6 is 0 Å². The smallest absolute Gasteiger partial charge is 0.313 e. The maximum absolute atomic E-state index is 12.1. The monoisotopic (exact) mass is 275 g/mol. The van der Waals surface area contributed by atoms with Crippen molar-refractivity contribution in [3.05, 3.63) is 83.9 Å². The minimum Gasteiger partial charge on any atom is -0.313 e.